The second kappa shape index (κ2) is 6.74. The molecule has 0 saturated carbocycles. The molecule has 30 heavy (non-hydrogen) atoms. The minimum Gasteiger partial charge on any atom is -0.383 e. The third kappa shape index (κ3) is 2.75. The zero-order valence-corrected chi connectivity index (χ0v) is 19.2. The standard InChI is InChI=1S/C19H20BrN7O2S/c1-8-4-5-9-10(6-8)30-15-12(9)14(21)22-11(23-15)7-27-16-13(24-18(27)20)17(28)26(3)19(29)25(16)2/h8H,4-7H2,1-3H3,(H2,21,22,23). The molecule has 0 aliphatic heterocycles. The van der Waals surface area contributed by atoms with E-state index in [9.17, 15) is 9.59 Å². The van der Waals surface area contributed by atoms with Gasteiger partial charge in [0.15, 0.2) is 21.7 Å². The van der Waals surface area contributed by atoms with Crippen molar-refractivity contribution in [1.82, 2.24) is 28.7 Å². The first-order valence-electron chi connectivity index (χ1n) is 9.64. The maximum atomic E-state index is 12.5. The fourth-order valence-electron chi connectivity index (χ4n) is 4.23. The number of hydrogen-bond acceptors (Lipinski definition) is 7. The molecule has 4 aromatic rings. The molecular weight excluding hydrogens is 470 g/mol. The van der Waals surface area contributed by atoms with Crippen LogP contribution < -0.4 is 17.0 Å². The average molecular weight is 490 g/mol. The molecule has 1 atom stereocenters. The van der Waals surface area contributed by atoms with Gasteiger partial charge in [0.2, 0.25) is 0 Å². The van der Waals surface area contributed by atoms with E-state index in [0.29, 0.717) is 27.9 Å². The molecule has 4 aromatic heterocycles. The number of nitrogens with zero attached hydrogens (tertiary/aromatic N) is 6. The summed E-state index contributed by atoms with van der Waals surface area (Å²) in [4.78, 5) is 40.8. The third-order valence-corrected chi connectivity index (χ3v) is 7.58. The molecule has 0 amide bonds. The highest BCUT2D eigenvalue weighted by Gasteiger charge is 2.24. The van der Waals surface area contributed by atoms with E-state index in [-0.39, 0.29) is 12.1 Å². The number of anilines is 1. The number of fused-ring (bicyclic) bond motifs is 4. The molecule has 0 saturated heterocycles. The van der Waals surface area contributed by atoms with Gasteiger partial charge in [0, 0.05) is 19.0 Å². The number of nitrogen functional groups attached to an aromatic ring is 1. The van der Waals surface area contributed by atoms with Crippen molar-refractivity contribution in [2.24, 2.45) is 20.0 Å². The average Bonchev–Trinajstić information content (AvgIpc) is 3.22. The van der Waals surface area contributed by atoms with Crippen molar-refractivity contribution in [2.75, 3.05) is 5.73 Å². The lowest BCUT2D eigenvalue weighted by molar-refractivity contribution is 0.509. The van der Waals surface area contributed by atoms with E-state index in [0.717, 1.165) is 34.0 Å². The van der Waals surface area contributed by atoms with Gasteiger partial charge in [-0.2, -0.15) is 0 Å². The minimum atomic E-state index is -0.441. The van der Waals surface area contributed by atoms with E-state index in [2.05, 4.69) is 32.8 Å². The Labute approximate surface area is 183 Å². The summed E-state index contributed by atoms with van der Waals surface area (Å²) < 4.78 is 4.59. The summed E-state index contributed by atoms with van der Waals surface area (Å²) in [5.74, 6) is 1.66. The third-order valence-electron chi connectivity index (χ3n) is 5.82. The van der Waals surface area contributed by atoms with Crippen LogP contribution in [0.3, 0.4) is 0 Å². The molecular formula is C19H20BrN7O2S. The van der Waals surface area contributed by atoms with Gasteiger partial charge < -0.3 is 5.73 Å². The van der Waals surface area contributed by atoms with Gasteiger partial charge in [-0.15, -0.1) is 11.3 Å². The number of rotatable bonds is 2. The number of halogens is 1. The van der Waals surface area contributed by atoms with Crippen LogP contribution in [0.4, 0.5) is 5.82 Å². The molecule has 0 aromatic carbocycles. The van der Waals surface area contributed by atoms with Gasteiger partial charge in [-0.3, -0.25) is 18.5 Å². The number of aryl methyl sites for hydroxylation is 2. The SMILES string of the molecule is CC1CCc2c(sc3nc(Cn4c(Br)nc5c(=O)n(C)c(=O)n(C)c54)nc(N)c23)C1. The highest BCUT2D eigenvalue weighted by molar-refractivity contribution is 9.10. The first-order chi connectivity index (χ1) is 14.3. The second-order valence-corrected chi connectivity index (χ2v) is 9.69. The zero-order chi connectivity index (χ0) is 21.3. The Kier molecular flexibility index (Phi) is 4.37. The van der Waals surface area contributed by atoms with Gasteiger partial charge in [0.05, 0.1) is 11.9 Å². The predicted octanol–water partition coefficient (Wildman–Crippen LogP) is 1.96. The van der Waals surface area contributed by atoms with Crippen molar-refractivity contribution in [3.05, 3.63) is 41.8 Å². The van der Waals surface area contributed by atoms with Gasteiger partial charge in [0.25, 0.3) is 5.56 Å². The van der Waals surface area contributed by atoms with Crippen LogP contribution in [-0.2, 0) is 33.5 Å². The predicted molar refractivity (Wildman–Crippen MR) is 120 cm³/mol. The van der Waals surface area contributed by atoms with Crippen molar-refractivity contribution in [3.63, 3.8) is 0 Å². The molecule has 0 spiro atoms. The summed E-state index contributed by atoms with van der Waals surface area (Å²) in [6.07, 6.45) is 3.21. The number of hydrogen-bond donors (Lipinski definition) is 1. The van der Waals surface area contributed by atoms with E-state index in [1.165, 1.54) is 22.1 Å². The summed E-state index contributed by atoms with van der Waals surface area (Å²) in [5, 5.41) is 0.974. The van der Waals surface area contributed by atoms with Gasteiger partial charge in [-0.1, -0.05) is 6.92 Å². The van der Waals surface area contributed by atoms with Crippen LogP contribution in [0.5, 0.6) is 0 Å². The topological polar surface area (TPSA) is 114 Å². The van der Waals surface area contributed by atoms with Crippen molar-refractivity contribution < 1.29 is 0 Å². The Morgan fingerprint density at radius 3 is 2.73 bits per heavy atom. The molecule has 11 heteroatoms. The first kappa shape index (κ1) is 19.4. The summed E-state index contributed by atoms with van der Waals surface area (Å²) in [6.45, 7) is 2.50. The van der Waals surface area contributed by atoms with Gasteiger partial charge >= 0.3 is 5.69 Å². The van der Waals surface area contributed by atoms with Gasteiger partial charge in [-0.05, 0) is 46.7 Å². The Hall–Kier alpha value is -2.53. The summed E-state index contributed by atoms with van der Waals surface area (Å²) in [5.41, 5.74) is 7.40. The van der Waals surface area contributed by atoms with Crippen LogP contribution in [0.25, 0.3) is 21.4 Å². The monoisotopic (exact) mass is 489 g/mol. The van der Waals surface area contributed by atoms with Crippen LogP contribution in [0.15, 0.2) is 14.3 Å². The summed E-state index contributed by atoms with van der Waals surface area (Å²) in [6, 6.07) is 0. The van der Waals surface area contributed by atoms with Crippen LogP contribution >= 0.6 is 27.3 Å². The van der Waals surface area contributed by atoms with E-state index >= 15 is 0 Å². The second-order valence-electron chi connectivity index (χ2n) is 7.90. The highest BCUT2D eigenvalue weighted by atomic mass is 79.9. The van der Waals surface area contributed by atoms with E-state index < -0.39 is 11.2 Å². The lowest BCUT2D eigenvalue weighted by atomic mass is 9.89. The van der Waals surface area contributed by atoms with Crippen molar-refractivity contribution in [1.29, 1.82) is 0 Å². The molecule has 9 nitrogen and oxygen atoms in total. The molecule has 0 radical (unpaired) electrons. The molecule has 2 N–H and O–H groups in total. The number of nitrogens with two attached hydrogens (primary N) is 1. The maximum Gasteiger partial charge on any atom is 0.332 e. The summed E-state index contributed by atoms with van der Waals surface area (Å²) >= 11 is 5.10. The summed E-state index contributed by atoms with van der Waals surface area (Å²) in [7, 11) is 3.05. The van der Waals surface area contributed by atoms with Gasteiger partial charge in [-0.25, -0.2) is 19.7 Å². The maximum absolute atomic E-state index is 12.5. The van der Waals surface area contributed by atoms with Crippen LogP contribution in [-0.4, -0.2) is 28.7 Å². The van der Waals surface area contributed by atoms with E-state index in [4.69, 9.17) is 10.7 Å². The van der Waals surface area contributed by atoms with Crippen molar-refractivity contribution in [3.8, 4) is 0 Å². The first-order valence-corrected chi connectivity index (χ1v) is 11.3. The molecule has 0 bridgehead atoms. The van der Waals surface area contributed by atoms with E-state index in [1.807, 2.05) is 0 Å². The fourth-order valence-corrected chi connectivity index (χ4v) is 6.11. The van der Waals surface area contributed by atoms with Crippen molar-refractivity contribution >= 4 is 54.5 Å². The van der Waals surface area contributed by atoms with Crippen LogP contribution in [0, 0.1) is 5.92 Å². The number of aromatic nitrogens is 6. The molecule has 4 heterocycles. The Morgan fingerprint density at radius 2 is 1.97 bits per heavy atom. The number of thiophene rings is 1. The minimum absolute atomic E-state index is 0.209. The number of imidazole rings is 1. The quantitative estimate of drug-likeness (QED) is 0.430. The van der Waals surface area contributed by atoms with Crippen LogP contribution in [0.1, 0.15) is 29.6 Å². The van der Waals surface area contributed by atoms with Crippen molar-refractivity contribution in [2.45, 2.75) is 32.7 Å². The largest absolute Gasteiger partial charge is 0.383 e. The van der Waals surface area contributed by atoms with Gasteiger partial charge in [0.1, 0.15) is 10.6 Å². The molecule has 0 fully saturated rings. The van der Waals surface area contributed by atoms with E-state index in [1.54, 1.807) is 23.0 Å². The fraction of sp³-hybridized carbons (Fsp3) is 0.421. The lowest BCUT2D eigenvalue weighted by Crippen LogP contribution is -2.37. The smallest absolute Gasteiger partial charge is 0.332 e. The highest BCUT2D eigenvalue weighted by Crippen LogP contribution is 2.39. The molecule has 156 valence electrons. The Balaban J connectivity index is 1.67. The van der Waals surface area contributed by atoms with Crippen LogP contribution in [0.2, 0.25) is 0 Å². The Bertz CT molecular complexity index is 1460. The zero-order valence-electron chi connectivity index (χ0n) is 16.8. The lowest BCUT2D eigenvalue weighted by Gasteiger charge is -2.17. The molecule has 5 rings (SSSR count). The molecule has 1 aliphatic carbocycles. The molecule has 1 unspecified atom stereocenters. The Morgan fingerprint density at radius 1 is 1.20 bits per heavy atom. The molecule has 1 aliphatic rings. The normalized spacial score (nSPS) is 16.5.